The quantitative estimate of drug-likeness (QED) is 0.612. The second-order valence-corrected chi connectivity index (χ2v) is 4.29. The van der Waals surface area contributed by atoms with Crippen LogP contribution in [-0.4, -0.2) is 27.7 Å². The number of hydrogen-bond acceptors (Lipinski definition) is 5. The van der Waals surface area contributed by atoms with Crippen LogP contribution in [0.3, 0.4) is 0 Å². The van der Waals surface area contributed by atoms with E-state index in [1.807, 2.05) is 0 Å². The molecule has 1 aliphatic carbocycles. The second kappa shape index (κ2) is 5.09. The number of hydrogen-bond donors (Lipinski definition) is 2. The zero-order valence-electron chi connectivity index (χ0n) is 9.37. The van der Waals surface area contributed by atoms with Crippen LogP contribution in [0.2, 0.25) is 0 Å². The molecule has 17 heavy (non-hydrogen) atoms. The Hall–Kier alpha value is -1.69. The standard InChI is InChI=1S/C11H15N3O3/c15-11-3-1-2-8(11)6-13-9-4-5-12-7-10(9)14(16)17/h4-5,7-8,11,15H,1-3,6H2,(H,12,13). The summed E-state index contributed by atoms with van der Waals surface area (Å²) in [6, 6.07) is 1.58. The van der Waals surface area contributed by atoms with Crippen LogP contribution in [0.4, 0.5) is 11.4 Å². The highest BCUT2D eigenvalue weighted by molar-refractivity contribution is 5.59. The average molecular weight is 237 g/mol. The van der Waals surface area contributed by atoms with E-state index in [0.29, 0.717) is 12.2 Å². The fourth-order valence-electron chi connectivity index (χ4n) is 2.18. The van der Waals surface area contributed by atoms with Crippen LogP contribution in [0.5, 0.6) is 0 Å². The van der Waals surface area contributed by atoms with E-state index in [4.69, 9.17) is 0 Å². The Morgan fingerprint density at radius 2 is 2.41 bits per heavy atom. The lowest BCUT2D eigenvalue weighted by Gasteiger charge is -2.15. The molecule has 1 aromatic rings. The van der Waals surface area contributed by atoms with Crippen molar-refractivity contribution in [2.75, 3.05) is 11.9 Å². The van der Waals surface area contributed by atoms with Crippen molar-refractivity contribution in [3.8, 4) is 0 Å². The van der Waals surface area contributed by atoms with Crippen molar-refractivity contribution in [1.82, 2.24) is 4.98 Å². The molecule has 2 rings (SSSR count). The maximum absolute atomic E-state index is 10.8. The highest BCUT2D eigenvalue weighted by atomic mass is 16.6. The maximum atomic E-state index is 10.8. The van der Waals surface area contributed by atoms with Gasteiger partial charge in [0, 0.05) is 18.7 Å². The molecule has 1 fully saturated rings. The van der Waals surface area contributed by atoms with E-state index >= 15 is 0 Å². The molecule has 0 radical (unpaired) electrons. The molecule has 0 bridgehead atoms. The summed E-state index contributed by atoms with van der Waals surface area (Å²) in [7, 11) is 0. The molecule has 2 atom stereocenters. The van der Waals surface area contributed by atoms with Crippen LogP contribution in [-0.2, 0) is 0 Å². The number of pyridine rings is 1. The van der Waals surface area contributed by atoms with Gasteiger partial charge < -0.3 is 10.4 Å². The van der Waals surface area contributed by atoms with Crippen LogP contribution >= 0.6 is 0 Å². The lowest BCUT2D eigenvalue weighted by atomic mass is 10.1. The highest BCUT2D eigenvalue weighted by Crippen LogP contribution is 2.27. The Morgan fingerprint density at radius 1 is 1.59 bits per heavy atom. The zero-order chi connectivity index (χ0) is 12.3. The van der Waals surface area contributed by atoms with Gasteiger partial charge in [0.25, 0.3) is 0 Å². The minimum Gasteiger partial charge on any atom is -0.393 e. The number of anilines is 1. The van der Waals surface area contributed by atoms with Crippen molar-refractivity contribution in [1.29, 1.82) is 0 Å². The summed E-state index contributed by atoms with van der Waals surface area (Å²) in [4.78, 5) is 14.0. The molecule has 1 aromatic heterocycles. The van der Waals surface area contributed by atoms with Gasteiger partial charge in [0.15, 0.2) is 0 Å². The van der Waals surface area contributed by atoms with Crippen LogP contribution in [0.1, 0.15) is 19.3 Å². The molecule has 6 nitrogen and oxygen atoms in total. The molecule has 0 spiro atoms. The van der Waals surface area contributed by atoms with Gasteiger partial charge in [-0.2, -0.15) is 0 Å². The fraction of sp³-hybridized carbons (Fsp3) is 0.545. The molecule has 6 heteroatoms. The molecule has 0 aromatic carbocycles. The average Bonchev–Trinajstić information content (AvgIpc) is 2.72. The molecule has 0 saturated heterocycles. The molecule has 2 N–H and O–H groups in total. The van der Waals surface area contributed by atoms with Gasteiger partial charge in [-0.3, -0.25) is 15.1 Å². The lowest BCUT2D eigenvalue weighted by molar-refractivity contribution is -0.384. The van der Waals surface area contributed by atoms with E-state index in [1.54, 1.807) is 6.07 Å². The number of nitro groups is 1. The molecule has 92 valence electrons. The van der Waals surface area contributed by atoms with Gasteiger partial charge in [-0.1, -0.05) is 6.42 Å². The van der Waals surface area contributed by atoms with Crippen LogP contribution in [0.15, 0.2) is 18.5 Å². The molecule has 2 unspecified atom stereocenters. The third kappa shape index (κ3) is 2.71. The number of aliphatic hydroxyl groups is 1. The summed E-state index contributed by atoms with van der Waals surface area (Å²) in [6.07, 6.45) is 5.26. The Balaban J connectivity index is 2.01. The predicted molar refractivity (Wildman–Crippen MR) is 62.7 cm³/mol. The normalized spacial score (nSPS) is 23.6. The van der Waals surface area contributed by atoms with Crippen molar-refractivity contribution in [2.45, 2.75) is 25.4 Å². The van der Waals surface area contributed by atoms with Gasteiger partial charge in [0.2, 0.25) is 0 Å². The van der Waals surface area contributed by atoms with Crippen LogP contribution < -0.4 is 5.32 Å². The van der Waals surface area contributed by atoms with Crippen molar-refractivity contribution in [3.63, 3.8) is 0 Å². The molecular weight excluding hydrogens is 222 g/mol. The first-order chi connectivity index (χ1) is 8.18. The summed E-state index contributed by atoms with van der Waals surface area (Å²) in [5.41, 5.74) is 0.434. The van der Waals surface area contributed by atoms with Gasteiger partial charge in [-0.25, -0.2) is 0 Å². The predicted octanol–water partition coefficient (Wildman–Crippen LogP) is 1.56. The highest BCUT2D eigenvalue weighted by Gasteiger charge is 2.25. The Kier molecular flexibility index (Phi) is 3.53. The summed E-state index contributed by atoms with van der Waals surface area (Å²) in [6.45, 7) is 0.562. The largest absolute Gasteiger partial charge is 0.393 e. The van der Waals surface area contributed by atoms with E-state index in [9.17, 15) is 15.2 Å². The van der Waals surface area contributed by atoms with E-state index in [2.05, 4.69) is 10.3 Å². The molecule has 0 amide bonds. The lowest BCUT2D eigenvalue weighted by Crippen LogP contribution is -2.22. The molecule has 1 saturated carbocycles. The van der Waals surface area contributed by atoms with Crippen LogP contribution in [0, 0.1) is 16.0 Å². The van der Waals surface area contributed by atoms with Gasteiger partial charge in [-0.05, 0) is 18.9 Å². The first kappa shape index (κ1) is 11.8. The monoisotopic (exact) mass is 237 g/mol. The fourth-order valence-corrected chi connectivity index (χ4v) is 2.18. The van der Waals surface area contributed by atoms with Crippen molar-refractivity contribution in [2.24, 2.45) is 5.92 Å². The van der Waals surface area contributed by atoms with Crippen molar-refractivity contribution >= 4 is 11.4 Å². The molecule has 0 aliphatic heterocycles. The first-order valence-corrected chi connectivity index (χ1v) is 5.69. The van der Waals surface area contributed by atoms with Gasteiger partial charge in [0.05, 0.1) is 11.0 Å². The SMILES string of the molecule is O=[N+]([O-])c1cnccc1NCC1CCCC1O. The second-order valence-electron chi connectivity index (χ2n) is 4.29. The number of nitrogens with one attached hydrogen (secondary N) is 1. The molecular formula is C11H15N3O3. The van der Waals surface area contributed by atoms with Gasteiger partial charge in [-0.15, -0.1) is 0 Å². The number of aromatic nitrogens is 1. The summed E-state index contributed by atoms with van der Waals surface area (Å²) in [5, 5.41) is 23.4. The van der Waals surface area contributed by atoms with E-state index in [1.165, 1.54) is 12.4 Å². The van der Waals surface area contributed by atoms with Crippen molar-refractivity contribution in [3.05, 3.63) is 28.6 Å². The zero-order valence-corrected chi connectivity index (χ0v) is 9.37. The minimum atomic E-state index is -0.458. The third-order valence-corrected chi connectivity index (χ3v) is 3.17. The number of nitrogens with zero attached hydrogens (tertiary/aromatic N) is 2. The van der Waals surface area contributed by atoms with E-state index < -0.39 is 4.92 Å². The first-order valence-electron chi connectivity index (χ1n) is 5.69. The van der Waals surface area contributed by atoms with E-state index in [0.717, 1.165) is 19.3 Å². The Morgan fingerprint density at radius 3 is 3.06 bits per heavy atom. The maximum Gasteiger partial charge on any atom is 0.310 e. The topological polar surface area (TPSA) is 88.3 Å². The van der Waals surface area contributed by atoms with Gasteiger partial charge >= 0.3 is 5.69 Å². The Labute approximate surface area is 98.8 Å². The third-order valence-electron chi connectivity index (χ3n) is 3.17. The molecule has 1 aliphatic rings. The van der Waals surface area contributed by atoms with Crippen LogP contribution in [0.25, 0.3) is 0 Å². The summed E-state index contributed by atoms with van der Waals surface area (Å²) in [5.74, 6) is 0.183. The summed E-state index contributed by atoms with van der Waals surface area (Å²) >= 11 is 0. The number of rotatable bonds is 4. The minimum absolute atomic E-state index is 0.0278. The number of aliphatic hydroxyl groups excluding tert-OH is 1. The molecule has 1 heterocycles. The Bertz CT molecular complexity index is 411. The van der Waals surface area contributed by atoms with Crippen molar-refractivity contribution < 1.29 is 10.0 Å². The smallest absolute Gasteiger partial charge is 0.310 e. The summed E-state index contributed by atoms with van der Waals surface area (Å²) < 4.78 is 0. The van der Waals surface area contributed by atoms with Gasteiger partial charge in [0.1, 0.15) is 11.9 Å². The van der Waals surface area contributed by atoms with E-state index in [-0.39, 0.29) is 17.7 Å².